The lowest BCUT2D eigenvalue weighted by Crippen LogP contribution is -2.51. The van der Waals surface area contributed by atoms with Crippen LogP contribution in [0.3, 0.4) is 0 Å². The highest BCUT2D eigenvalue weighted by Gasteiger charge is 2.20. The molecule has 6 heteroatoms. The maximum Gasteiger partial charge on any atom is 0.238 e. The maximum absolute atomic E-state index is 12.1. The van der Waals surface area contributed by atoms with Crippen LogP contribution >= 0.6 is 11.6 Å². The van der Waals surface area contributed by atoms with Crippen molar-refractivity contribution in [1.29, 1.82) is 0 Å². The van der Waals surface area contributed by atoms with Gasteiger partial charge in [-0.15, -0.1) is 0 Å². The SMILES string of the molecule is COc1ccc(Cl)cc1NC(=O)CN1CCNCC1C. The molecule has 2 rings (SSSR count). The molecule has 1 heterocycles. The van der Waals surface area contributed by atoms with Crippen LogP contribution in [0, 0.1) is 0 Å². The Balaban J connectivity index is 1.99. The quantitative estimate of drug-likeness (QED) is 0.886. The Labute approximate surface area is 124 Å². The van der Waals surface area contributed by atoms with E-state index >= 15 is 0 Å². The van der Waals surface area contributed by atoms with Gasteiger partial charge in [-0.25, -0.2) is 0 Å². The highest BCUT2D eigenvalue weighted by atomic mass is 35.5. The number of benzene rings is 1. The van der Waals surface area contributed by atoms with Crippen molar-refractivity contribution in [3.05, 3.63) is 23.2 Å². The van der Waals surface area contributed by atoms with E-state index in [1.165, 1.54) is 0 Å². The van der Waals surface area contributed by atoms with Gasteiger partial charge in [-0.1, -0.05) is 11.6 Å². The van der Waals surface area contributed by atoms with Crippen LogP contribution < -0.4 is 15.4 Å². The van der Waals surface area contributed by atoms with Crippen molar-refractivity contribution < 1.29 is 9.53 Å². The van der Waals surface area contributed by atoms with Crippen molar-refractivity contribution in [2.75, 3.05) is 38.6 Å². The van der Waals surface area contributed by atoms with E-state index in [-0.39, 0.29) is 5.91 Å². The number of nitrogens with one attached hydrogen (secondary N) is 2. The van der Waals surface area contributed by atoms with Gasteiger partial charge < -0.3 is 15.4 Å². The first-order valence-electron chi connectivity index (χ1n) is 6.68. The Morgan fingerprint density at radius 3 is 3.10 bits per heavy atom. The third-order valence-corrected chi connectivity index (χ3v) is 3.66. The zero-order chi connectivity index (χ0) is 14.5. The third-order valence-electron chi connectivity index (χ3n) is 3.42. The van der Waals surface area contributed by atoms with Crippen LogP contribution in [0.4, 0.5) is 5.69 Å². The summed E-state index contributed by atoms with van der Waals surface area (Å²) in [5.41, 5.74) is 0.604. The van der Waals surface area contributed by atoms with Gasteiger partial charge >= 0.3 is 0 Å². The lowest BCUT2D eigenvalue weighted by atomic mass is 10.2. The van der Waals surface area contributed by atoms with E-state index in [1.54, 1.807) is 25.3 Å². The van der Waals surface area contributed by atoms with Gasteiger partial charge in [-0.05, 0) is 25.1 Å². The average Bonchev–Trinajstić information content (AvgIpc) is 2.41. The number of hydrogen-bond acceptors (Lipinski definition) is 4. The maximum atomic E-state index is 12.1. The van der Waals surface area contributed by atoms with E-state index in [2.05, 4.69) is 22.5 Å². The Bertz CT molecular complexity index is 481. The lowest BCUT2D eigenvalue weighted by Gasteiger charge is -2.33. The van der Waals surface area contributed by atoms with Gasteiger partial charge in [0.1, 0.15) is 5.75 Å². The van der Waals surface area contributed by atoms with Crippen LogP contribution in [0.1, 0.15) is 6.92 Å². The van der Waals surface area contributed by atoms with Crippen molar-refractivity contribution in [1.82, 2.24) is 10.2 Å². The van der Waals surface area contributed by atoms with Gasteiger partial charge in [0.25, 0.3) is 0 Å². The highest BCUT2D eigenvalue weighted by Crippen LogP contribution is 2.27. The van der Waals surface area contributed by atoms with Crippen molar-refractivity contribution >= 4 is 23.2 Å². The van der Waals surface area contributed by atoms with E-state index < -0.39 is 0 Å². The molecule has 20 heavy (non-hydrogen) atoms. The molecule has 0 aliphatic carbocycles. The molecule has 0 aromatic heterocycles. The molecule has 0 saturated carbocycles. The van der Waals surface area contributed by atoms with Gasteiger partial charge in [0.2, 0.25) is 5.91 Å². The Morgan fingerprint density at radius 2 is 2.40 bits per heavy atom. The van der Waals surface area contributed by atoms with E-state index in [0.29, 0.717) is 29.0 Å². The molecule has 1 saturated heterocycles. The molecule has 1 aliphatic rings. The molecule has 1 atom stereocenters. The van der Waals surface area contributed by atoms with Gasteiger partial charge in [0.15, 0.2) is 0 Å². The van der Waals surface area contributed by atoms with Crippen molar-refractivity contribution in [3.63, 3.8) is 0 Å². The zero-order valence-electron chi connectivity index (χ0n) is 11.8. The van der Waals surface area contributed by atoms with Crippen LogP contribution in [-0.4, -0.2) is 50.1 Å². The summed E-state index contributed by atoms with van der Waals surface area (Å²) in [6, 6.07) is 5.52. The standard InChI is InChI=1S/C14H20ClN3O2/c1-10-8-16-5-6-18(10)9-14(19)17-12-7-11(15)3-4-13(12)20-2/h3-4,7,10,16H,5-6,8-9H2,1-2H3,(H,17,19). The lowest BCUT2D eigenvalue weighted by molar-refractivity contribution is -0.118. The second kappa shape index (κ2) is 6.92. The molecular weight excluding hydrogens is 278 g/mol. The molecule has 1 aromatic rings. The molecule has 0 bridgehead atoms. The molecule has 0 radical (unpaired) electrons. The summed E-state index contributed by atoms with van der Waals surface area (Å²) in [4.78, 5) is 14.3. The smallest absolute Gasteiger partial charge is 0.238 e. The Morgan fingerprint density at radius 1 is 1.60 bits per heavy atom. The first-order valence-corrected chi connectivity index (χ1v) is 7.06. The fourth-order valence-electron chi connectivity index (χ4n) is 2.27. The fourth-order valence-corrected chi connectivity index (χ4v) is 2.44. The van der Waals surface area contributed by atoms with E-state index in [9.17, 15) is 4.79 Å². The number of amides is 1. The summed E-state index contributed by atoms with van der Waals surface area (Å²) in [5.74, 6) is 0.551. The molecule has 2 N–H and O–H groups in total. The van der Waals surface area contributed by atoms with Gasteiger partial charge in [-0.2, -0.15) is 0 Å². The summed E-state index contributed by atoms with van der Waals surface area (Å²) >= 11 is 5.95. The summed E-state index contributed by atoms with van der Waals surface area (Å²) in [6.45, 7) is 5.19. The van der Waals surface area contributed by atoms with Gasteiger partial charge in [0, 0.05) is 30.7 Å². The van der Waals surface area contributed by atoms with Crippen LogP contribution in [0.5, 0.6) is 5.75 Å². The van der Waals surface area contributed by atoms with Crippen LogP contribution in [0.15, 0.2) is 18.2 Å². The average molecular weight is 298 g/mol. The Kier molecular flexibility index (Phi) is 5.23. The third kappa shape index (κ3) is 3.85. The van der Waals surface area contributed by atoms with Crippen molar-refractivity contribution in [3.8, 4) is 5.75 Å². The number of rotatable bonds is 4. The van der Waals surface area contributed by atoms with E-state index in [0.717, 1.165) is 19.6 Å². The number of methoxy groups -OCH3 is 1. The molecule has 1 fully saturated rings. The molecule has 0 spiro atoms. The Hall–Kier alpha value is -1.30. The summed E-state index contributed by atoms with van der Waals surface area (Å²) in [5, 5.41) is 6.73. The van der Waals surface area contributed by atoms with Crippen molar-refractivity contribution in [2.45, 2.75) is 13.0 Å². The van der Waals surface area contributed by atoms with Crippen LogP contribution in [-0.2, 0) is 4.79 Å². The number of hydrogen-bond donors (Lipinski definition) is 2. The minimum Gasteiger partial charge on any atom is -0.495 e. The normalized spacial score (nSPS) is 19.6. The summed E-state index contributed by atoms with van der Waals surface area (Å²) < 4.78 is 5.22. The number of piperazine rings is 1. The fraction of sp³-hybridized carbons (Fsp3) is 0.500. The minimum atomic E-state index is -0.0562. The number of ether oxygens (including phenoxy) is 1. The molecule has 1 aliphatic heterocycles. The zero-order valence-corrected chi connectivity index (χ0v) is 12.5. The molecule has 1 aromatic carbocycles. The predicted octanol–water partition coefficient (Wildman–Crippen LogP) is 1.58. The number of carbonyl (C=O) groups excluding carboxylic acids is 1. The van der Waals surface area contributed by atoms with Crippen LogP contribution in [0.2, 0.25) is 5.02 Å². The number of nitrogens with zero attached hydrogens (tertiary/aromatic N) is 1. The molecule has 1 amide bonds. The van der Waals surface area contributed by atoms with E-state index in [1.807, 2.05) is 0 Å². The predicted molar refractivity (Wildman–Crippen MR) is 80.5 cm³/mol. The number of anilines is 1. The molecule has 1 unspecified atom stereocenters. The summed E-state index contributed by atoms with van der Waals surface area (Å²) in [6.07, 6.45) is 0. The number of carbonyl (C=O) groups is 1. The molecular formula is C14H20ClN3O2. The first kappa shape index (κ1) is 15.1. The molecule has 110 valence electrons. The largest absolute Gasteiger partial charge is 0.495 e. The molecule has 5 nitrogen and oxygen atoms in total. The number of halogens is 1. The van der Waals surface area contributed by atoms with E-state index in [4.69, 9.17) is 16.3 Å². The second-order valence-electron chi connectivity index (χ2n) is 4.92. The highest BCUT2D eigenvalue weighted by molar-refractivity contribution is 6.31. The monoisotopic (exact) mass is 297 g/mol. The second-order valence-corrected chi connectivity index (χ2v) is 5.35. The van der Waals surface area contributed by atoms with Crippen molar-refractivity contribution in [2.24, 2.45) is 0 Å². The minimum absolute atomic E-state index is 0.0562. The van der Waals surface area contributed by atoms with Gasteiger partial charge in [-0.3, -0.25) is 9.69 Å². The topological polar surface area (TPSA) is 53.6 Å². The van der Waals surface area contributed by atoms with Crippen LogP contribution in [0.25, 0.3) is 0 Å². The van der Waals surface area contributed by atoms with Gasteiger partial charge in [0.05, 0.1) is 19.3 Å². The summed E-state index contributed by atoms with van der Waals surface area (Å²) in [7, 11) is 1.57. The first-order chi connectivity index (χ1) is 9.60.